The van der Waals surface area contributed by atoms with Crippen LogP contribution >= 0.6 is 11.8 Å². The van der Waals surface area contributed by atoms with Crippen molar-refractivity contribution < 1.29 is 9.59 Å². The first-order valence-electron chi connectivity index (χ1n) is 5.88. The molecule has 1 aliphatic rings. The van der Waals surface area contributed by atoms with Crippen molar-refractivity contribution in [2.75, 3.05) is 5.75 Å². The molecule has 0 aliphatic carbocycles. The Morgan fingerprint density at radius 3 is 3.11 bits per heavy atom. The summed E-state index contributed by atoms with van der Waals surface area (Å²) < 4.78 is 0. The summed E-state index contributed by atoms with van der Waals surface area (Å²) in [7, 11) is 0. The third-order valence-corrected chi connectivity index (χ3v) is 3.56. The molecule has 0 saturated heterocycles. The molecule has 3 nitrogen and oxygen atoms in total. The Bertz CT molecular complexity index is 509. The number of carbonyl (C=O) groups excluding carboxylic acids is 2. The van der Waals surface area contributed by atoms with Gasteiger partial charge in [0.15, 0.2) is 5.12 Å². The van der Waals surface area contributed by atoms with E-state index in [0.717, 1.165) is 28.9 Å². The second-order valence-electron chi connectivity index (χ2n) is 4.13. The number of thioether (sulfide) groups is 1. The van der Waals surface area contributed by atoms with Crippen LogP contribution in [0.3, 0.4) is 0 Å². The van der Waals surface area contributed by atoms with E-state index in [2.05, 4.69) is 5.32 Å². The van der Waals surface area contributed by atoms with Crippen LogP contribution in [0.25, 0.3) is 6.08 Å². The summed E-state index contributed by atoms with van der Waals surface area (Å²) in [6, 6.07) is 5.90. The summed E-state index contributed by atoms with van der Waals surface area (Å²) in [6.45, 7) is 2.21. The summed E-state index contributed by atoms with van der Waals surface area (Å²) in [5.74, 6) is 0.810. The average Bonchev–Trinajstić information content (AvgIpc) is 2.70. The lowest BCUT2D eigenvalue weighted by Gasteiger charge is -1.98. The fraction of sp³-hybridized carbons (Fsp3) is 0.286. The SMILES string of the molecule is CC(=O)SCCC=Cc1ccc2c(c1)C(=O)NC2. The van der Waals surface area contributed by atoms with E-state index in [1.807, 2.05) is 30.4 Å². The van der Waals surface area contributed by atoms with Gasteiger partial charge in [0.05, 0.1) is 0 Å². The van der Waals surface area contributed by atoms with E-state index >= 15 is 0 Å². The highest BCUT2D eigenvalue weighted by Crippen LogP contribution is 2.18. The van der Waals surface area contributed by atoms with Crippen molar-refractivity contribution in [1.29, 1.82) is 0 Å². The van der Waals surface area contributed by atoms with Gasteiger partial charge in [-0.1, -0.05) is 36.0 Å². The largest absolute Gasteiger partial charge is 0.348 e. The van der Waals surface area contributed by atoms with Gasteiger partial charge in [-0.3, -0.25) is 9.59 Å². The van der Waals surface area contributed by atoms with Crippen molar-refractivity contribution >= 4 is 28.9 Å². The van der Waals surface area contributed by atoms with Gasteiger partial charge in [0.1, 0.15) is 0 Å². The number of benzene rings is 1. The molecule has 4 heteroatoms. The highest BCUT2D eigenvalue weighted by atomic mass is 32.2. The molecule has 1 aromatic rings. The molecule has 0 saturated carbocycles. The zero-order chi connectivity index (χ0) is 13.0. The van der Waals surface area contributed by atoms with Crippen LogP contribution in [0.4, 0.5) is 0 Å². The Labute approximate surface area is 111 Å². The van der Waals surface area contributed by atoms with E-state index < -0.39 is 0 Å². The Morgan fingerprint density at radius 1 is 1.50 bits per heavy atom. The van der Waals surface area contributed by atoms with Gasteiger partial charge < -0.3 is 5.32 Å². The second kappa shape index (κ2) is 5.87. The topological polar surface area (TPSA) is 46.2 Å². The van der Waals surface area contributed by atoms with Gasteiger partial charge in [0, 0.05) is 24.8 Å². The number of nitrogens with one attached hydrogen (secondary N) is 1. The molecular formula is C14H15NO2S. The van der Waals surface area contributed by atoms with Crippen LogP contribution in [0.5, 0.6) is 0 Å². The van der Waals surface area contributed by atoms with Gasteiger partial charge in [-0.2, -0.15) is 0 Å². The van der Waals surface area contributed by atoms with Gasteiger partial charge >= 0.3 is 0 Å². The number of fused-ring (bicyclic) bond motifs is 1. The molecule has 94 valence electrons. The zero-order valence-corrected chi connectivity index (χ0v) is 11.0. The van der Waals surface area contributed by atoms with Crippen LogP contribution in [0, 0.1) is 0 Å². The summed E-state index contributed by atoms with van der Waals surface area (Å²) in [5, 5.41) is 2.95. The van der Waals surface area contributed by atoms with Crippen molar-refractivity contribution in [2.45, 2.75) is 19.9 Å². The van der Waals surface area contributed by atoms with E-state index in [-0.39, 0.29) is 11.0 Å². The van der Waals surface area contributed by atoms with Crippen LogP contribution < -0.4 is 5.32 Å². The maximum atomic E-state index is 11.5. The summed E-state index contributed by atoms with van der Waals surface area (Å²) >= 11 is 1.33. The lowest BCUT2D eigenvalue weighted by atomic mass is 10.1. The highest BCUT2D eigenvalue weighted by molar-refractivity contribution is 8.13. The molecule has 1 heterocycles. The van der Waals surface area contributed by atoms with E-state index in [1.54, 1.807) is 6.92 Å². The maximum absolute atomic E-state index is 11.5. The lowest BCUT2D eigenvalue weighted by molar-refractivity contribution is -0.109. The van der Waals surface area contributed by atoms with Crippen LogP contribution in [-0.2, 0) is 11.3 Å². The van der Waals surface area contributed by atoms with Gasteiger partial charge in [-0.25, -0.2) is 0 Å². The first-order valence-corrected chi connectivity index (χ1v) is 6.86. The van der Waals surface area contributed by atoms with Gasteiger partial charge in [0.2, 0.25) is 0 Å². The zero-order valence-electron chi connectivity index (χ0n) is 10.2. The number of carbonyl (C=O) groups is 2. The minimum atomic E-state index is 0.00684. The van der Waals surface area contributed by atoms with Crippen molar-refractivity contribution in [1.82, 2.24) is 5.32 Å². The molecule has 0 fully saturated rings. The Hall–Kier alpha value is -1.55. The quantitative estimate of drug-likeness (QED) is 0.847. The monoisotopic (exact) mass is 261 g/mol. The van der Waals surface area contributed by atoms with Crippen molar-refractivity contribution in [3.8, 4) is 0 Å². The Morgan fingerprint density at radius 2 is 2.33 bits per heavy atom. The smallest absolute Gasteiger partial charge is 0.251 e. The first-order chi connectivity index (χ1) is 8.66. The maximum Gasteiger partial charge on any atom is 0.251 e. The molecule has 0 spiro atoms. The Kier molecular flexibility index (Phi) is 4.20. The first kappa shape index (κ1) is 12.9. The van der Waals surface area contributed by atoms with Gasteiger partial charge in [-0.15, -0.1) is 0 Å². The third kappa shape index (κ3) is 3.23. The molecule has 18 heavy (non-hydrogen) atoms. The van der Waals surface area contributed by atoms with E-state index in [0.29, 0.717) is 6.54 Å². The number of hydrogen-bond acceptors (Lipinski definition) is 3. The van der Waals surface area contributed by atoms with E-state index in [9.17, 15) is 9.59 Å². The minimum Gasteiger partial charge on any atom is -0.348 e. The third-order valence-electron chi connectivity index (χ3n) is 2.72. The molecule has 1 aliphatic heterocycles. The molecule has 0 aromatic heterocycles. The molecule has 2 rings (SSSR count). The molecule has 0 unspecified atom stereocenters. The van der Waals surface area contributed by atoms with E-state index in [4.69, 9.17) is 0 Å². The number of allylic oxidation sites excluding steroid dienone is 1. The van der Waals surface area contributed by atoms with E-state index in [1.165, 1.54) is 11.8 Å². The van der Waals surface area contributed by atoms with Crippen molar-refractivity contribution in [2.24, 2.45) is 0 Å². The standard InChI is InChI=1S/C14H15NO2S/c1-10(16)18-7-3-2-4-11-5-6-12-9-15-14(17)13(12)8-11/h2,4-6,8H,3,7,9H2,1H3,(H,15,17). The second-order valence-corrected chi connectivity index (χ2v) is 5.40. The Balaban J connectivity index is 1.94. The van der Waals surface area contributed by atoms with Crippen molar-refractivity contribution in [3.63, 3.8) is 0 Å². The van der Waals surface area contributed by atoms with Crippen LogP contribution in [0.15, 0.2) is 24.3 Å². The normalized spacial score (nSPS) is 13.7. The number of rotatable bonds is 4. The molecule has 0 atom stereocenters. The molecule has 0 radical (unpaired) electrons. The predicted octanol–water partition coefficient (Wildman–Crippen LogP) is 2.61. The van der Waals surface area contributed by atoms with Gasteiger partial charge in [0.25, 0.3) is 5.91 Å². The predicted molar refractivity (Wildman–Crippen MR) is 74.4 cm³/mol. The highest BCUT2D eigenvalue weighted by Gasteiger charge is 2.17. The van der Waals surface area contributed by atoms with Gasteiger partial charge in [-0.05, 0) is 23.6 Å². The molecular weight excluding hydrogens is 246 g/mol. The fourth-order valence-electron chi connectivity index (χ4n) is 1.82. The molecule has 0 bridgehead atoms. The number of hydrogen-bond donors (Lipinski definition) is 1. The van der Waals surface area contributed by atoms with Crippen molar-refractivity contribution in [3.05, 3.63) is 41.0 Å². The summed E-state index contributed by atoms with van der Waals surface area (Å²) in [6.07, 6.45) is 4.88. The van der Waals surface area contributed by atoms with Crippen LogP contribution in [-0.4, -0.2) is 16.8 Å². The molecule has 1 N–H and O–H groups in total. The molecule has 1 aromatic carbocycles. The lowest BCUT2D eigenvalue weighted by Crippen LogP contribution is -2.12. The van der Waals surface area contributed by atoms with Crippen LogP contribution in [0.2, 0.25) is 0 Å². The molecule has 1 amide bonds. The fourth-order valence-corrected chi connectivity index (χ4v) is 2.37. The summed E-state index contributed by atoms with van der Waals surface area (Å²) in [4.78, 5) is 22.2. The minimum absolute atomic E-state index is 0.00684. The average molecular weight is 261 g/mol. The summed E-state index contributed by atoms with van der Waals surface area (Å²) in [5.41, 5.74) is 2.86. The van der Waals surface area contributed by atoms with Crippen LogP contribution in [0.1, 0.15) is 34.8 Å². The number of amides is 1.